The van der Waals surface area contributed by atoms with E-state index in [1.807, 2.05) is 4.90 Å². The van der Waals surface area contributed by atoms with Gasteiger partial charge >= 0.3 is 7.12 Å². The van der Waals surface area contributed by atoms with Crippen LogP contribution in [0.4, 0.5) is 0 Å². The fraction of sp³-hybridized carbons (Fsp3) is 0.588. The molecule has 0 spiro atoms. The Kier molecular flexibility index (Phi) is 5.18. The van der Waals surface area contributed by atoms with Crippen LogP contribution in [0.5, 0.6) is 0 Å². The number of carbonyl (C=O) groups excluding carboxylic acids is 1. The Morgan fingerprint density at radius 2 is 1.83 bits per heavy atom. The molecular formula is C17H26BNO4. The average molecular weight is 319 g/mol. The Bertz CT molecular complexity index is 562. The second-order valence-electron chi connectivity index (χ2n) is 7.16. The summed E-state index contributed by atoms with van der Waals surface area (Å²) >= 11 is 0. The number of hydrogen-bond donors (Lipinski definition) is 2. The molecule has 1 amide bonds. The first kappa shape index (κ1) is 18.0. The van der Waals surface area contributed by atoms with Crippen LogP contribution in [0.15, 0.2) is 24.3 Å². The maximum atomic E-state index is 12.4. The zero-order chi connectivity index (χ0) is 17.3. The lowest BCUT2D eigenvalue weighted by molar-refractivity contribution is -0.0982. The largest absolute Gasteiger partial charge is 0.491 e. The molecule has 1 heterocycles. The fourth-order valence-electron chi connectivity index (χ4n) is 2.42. The number of amides is 1. The Labute approximate surface area is 138 Å². The summed E-state index contributed by atoms with van der Waals surface area (Å²) in [4.78, 5) is 14.3. The van der Waals surface area contributed by atoms with Crippen LogP contribution in [0.25, 0.3) is 0 Å². The lowest BCUT2D eigenvalue weighted by Crippen LogP contribution is -2.53. The number of aliphatic hydroxyl groups is 1. The first-order chi connectivity index (χ1) is 10.6. The summed E-state index contributed by atoms with van der Waals surface area (Å²) in [7, 11) is -1.21. The van der Waals surface area contributed by atoms with Gasteiger partial charge in [0.1, 0.15) is 0 Å². The van der Waals surface area contributed by atoms with Crippen molar-refractivity contribution in [3.63, 3.8) is 0 Å². The molecule has 0 bridgehead atoms. The van der Waals surface area contributed by atoms with Crippen molar-refractivity contribution in [2.75, 3.05) is 13.1 Å². The second kappa shape index (κ2) is 6.63. The topological polar surface area (TPSA) is 70.0 Å². The minimum Gasteiger partial charge on any atom is -0.423 e. The van der Waals surface area contributed by atoms with Crippen LogP contribution in [0, 0.1) is 0 Å². The Hall–Kier alpha value is -1.37. The molecule has 0 radical (unpaired) electrons. The standard InChI is InChI=1S/C17H26BNO4/c1-16(2,21)17(3,4)23-18(22)14-9-7-8-13(12-14)15(20)19-10-5-6-11-19/h7-9,12,21-22H,5-6,10-11H2,1-4H3. The normalized spacial score (nSPS) is 15.8. The molecule has 1 aliphatic heterocycles. The van der Waals surface area contributed by atoms with E-state index in [0.29, 0.717) is 11.0 Å². The zero-order valence-corrected chi connectivity index (χ0v) is 14.4. The van der Waals surface area contributed by atoms with Gasteiger partial charge in [0.25, 0.3) is 5.91 Å². The predicted molar refractivity (Wildman–Crippen MR) is 90.6 cm³/mol. The molecule has 1 aromatic rings. The first-order valence-electron chi connectivity index (χ1n) is 8.09. The molecule has 5 nitrogen and oxygen atoms in total. The van der Waals surface area contributed by atoms with E-state index in [4.69, 9.17) is 4.65 Å². The molecule has 1 saturated heterocycles. The van der Waals surface area contributed by atoms with Gasteiger partial charge in [-0.05, 0) is 58.1 Å². The van der Waals surface area contributed by atoms with Gasteiger partial charge in [0.2, 0.25) is 0 Å². The van der Waals surface area contributed by atoms with Gasteiger partial charge in [-0.1, -0.05) is 12.1 Å². The molecule has 23 heavy (non-hydrogen) atoms. The summed E-state index contributed by atoms with van der Waals surface area (Å²) in [5.74, 6) is -0.0155. The van der Waals surface area contributed by atoms with Gasteiger partial charge in [0, 0.05) is 18.7 Å². The van der Waals surface area contributed by atoms with Crippen molar-refractivity contribution in [1.82, 2.24) is 4.90 Å². The Balaban J connectivity index is 2.14. The van der Waals surface area contributed by atoms with E-state index in [-0.39, 0.29) is 5.91 Å². The van der Waals surface area contributed by atoms with Gasteiger partial charge in [0.15, 0.2) is 0 Å². The predicted octanol–water partition coefficient (Wildman–Crippen LogP) is 1.18. The number of hydrogen-bond acceptors (Lipinski definition) is 4. The van der Waals surface area contributed by atoms with Crippen LogP contribution < -0.4 is 5.46 Å². The highest BCUT2D eigenvalue weighted by Crippen LogP contribution is 2.25. The lowest BCUT2D eigenvalue weighted by Gasteiger charge is -2.38. The van der Waals surface area contributed by atoms with Crippen molar-refractivity contribution in [3.05, 3.63) is 29.8 Å². The number of carbonyl (C=O) groups is 1. The van der Waals surface area contributed by atoms with Gasteiger partial charge in [-0.15, -0.1) is 0 Å². The Morgan fingerprint density at radius 1 is 1.22 bits per heavy atom. The summed E-state index contributed by atoms with van der Waals surface area (Å²) in [5.41, 5.74) is -1.00. The maximum Gasteiger partial charge on any atom is 0.491 e. The number of benzene rings is 1. The number of rotatable bonds is 5. The van der Waals surface area contributed by atoms with Crippen LogP contribution in [-0.4, -0.2) is 52.3 Å². The van der Waals surface area contributed by atoms with E-state index >= 15 is 0 Å². The molecule has 6 heteroatoms. The number of likely N-dealkylation sites (tertiary alicyclic amines) is 1. The van der Waals surface area contributed by atoms with Gasteiger partial charge in [-0.3, -0.25) is 4.79 Å². The molecule has 2 N–H and O–H groups in total. The number of nitrogens with zero attached hydrogens (tertiary/aromatic N) is 1. The summed E-state index contributed by atoms with van der Waals surface area (Å²) in [6.07, 6.45) is 2.08. The SMILES string of the molecule is CC(C)(O)C(C)(C)OB(O)c1cccc(C(=O)N2CCCC2)c1. The minimum atomic E-state index is -1.21. The first-order valence-corrected chi connectivity index (χ1v) is 8.09. The van der Waals surface area contributed by atoms with Gasteiger partial charge < -0.3 is 19.7 Å². The molecular weight excluding hydrogens is 293 g/mol. The molecule has 0 unspecified atom stereocenters. The quantitative estimate of drug-likeness (QED) is 0.800. The van der Waals surface area contributed by atoms with E-state index < -0.39 is 18.3 Å². The molecule has 2 rings (SSSR count). The van der Waals surface area contributed by atoms with Gasteiger partial charge in [-0.25, -0.2) is 0 Å². The molecule has 0 aliphatic carbocycles. The van der Waals surface area contributed by atoms with Crippen molar-refractivity contribution < 1.29 is 19.6 Å². The van der Waals surface area contributed by atoms with E-state index in [9.17, 15) is 14.9 Å². The van der Waals surface area contributed by atoms with Gasteiger partial charge in [-0.2, -0.15) is 0 Å². The van der Waals surface area contributed by atoms with Crippen LogP contribution in [0.3, 0.4) is 0 Å². The highest BCUT2D eigenvalue weighted by atomic mass is 16.5. The third kappa shape index (κ3) is 4.13. The van der Waals surface area contributed by atoms with Crippen molar-refractivity contribution in [2.45, 2.75) is 51.7 Å². The van der Waals surface area contributed by atoms with E-state index in [1.54, 1.807) is 52.0 Å². The van der Waals surface area contributed by atoms with Crippen molar-refractivity contribution in [1.29, 1.82) is 0 Å². The molecule has 0 aromatic heterocycles. The molecule has 1 aliphatic rings. The molecule has 1 aromatic carbocycles. The zero-order valence-electron chi connectivity index (χ0n) is 14.4. The maximum absolute atomic E-state index is 12.4. The summed E-state index contributed by atoms with van der Waals surface area (Å²) in [6, 6.07) is 6.86. The molecule has 0 atom stereocenters. The van der Waals surface area contributed by atoms with Crippen LogP contribution in [-0.2, 0) is 4.65 Å². The van der Waals surface area contributed by atoms with Crippen molar-refractivity contribution in [3.8, 4) is 0 Å². The molecule has 1 fully saturated rings. The summed E-state index contributed by atoms with van der Waals surface area (Å²) < 4.78 is 5.63. The Morgan fingerprint density at radius 3 is 2.39 bits per heavy atom. The molecule has 126 valence electrons. The van der Waals surface area contributed by atoms with Crippen molar-refractivity contribution in [2.24, 2.45) is 0 Å². The highest BCUT2D eigenvalue weighted by molar-refractivity contribution is 6.60. The van der Waals surface area contributed by atoms with E-state index in [0.717, 1.165) is 25.9 Å². The minimum absolute atomic E-state index is 0.0155. The van der Waals surface area contributed by atoms with E-state index in [1.165, 1.54) is 0 Å². The molecule has 0 saturated carbocycles. The van der Waals surface area contributed by atoms with E-state index in [2.05, 4.69) is 0 Å². The third-order valence-corrected chi connectivity index (χ3v) is 4.69. The van der Waals surface area contributed by atoms with Crippen LogP contribution in [0.2, 0.25) is 0 Å². The monoisotopic (exact) mass is 319 g/mol. The smallest absolute Gasteiger partial charge is 0.423 e. The van der Waals surface area contributed by atoms with Crippen LogP contribution in [0.1, 0.15) is 50.9 Å². The average Bonchev–Trinajstić information content (AvgIpc) is 2.99. The van der Waals surface area contributed by atoms with Crippen LogP contribution >= 0.6 is 0 Å². The fourth-order valence-corrected chi connectivity index (χ4v) is 2.42. The summed E-state index contributed by atoms with van der Waals surface area (Å²) in [5, 5.41) is 20.5. The second-order valence-corrected chi connectivity index (χ2v) is 7.16. The van der Waals surface area contributed by atoms with Crippen molar-refractivity contribution >= 4 is 18.5 Å². The third-order valence-electron chi connectivity index (χ3n) is 4.69. The summed E-state index contributed by atoms with van der Waals surface area (Å²) in [6.45, 7) is 8.27. The lowest BCUT2D eigenvalue weighted by atomic mass is 9.76. The highest BCUT2D eigenvalue weighted by Gasteiger charge is 2.39. The van der Waals surface area contributed by atoms with Gasteiger partial charge in [0.05, 0.1) is 11.2 Å².